The van der Waals surface area contributed by atoms with E-state index in [0.29, 0.717) is 31.9 Å². The third-order valence-corrected chi connectivity index (χ3v) is 5.01. The van der Waals surface area contributed by atoms with Crippen molar-refractivity contribution < 1.29 is 19.4 Å². The molecule has 1 aliphatic carbocycles. The molecule has 1 N–H and O–H groups in total. The Morgan fingerprint density at radius 3 is 3.04 bits per heavy atom. The molecule has 1 saturated carbocycles. The summed E-state index contributed by atoms with van der Waals surface area (Å²) in [4.78, 5) is 14.9. The third kappa shape index (κ3) is 3.73. The topological polar surface area (TPSA) is 59.0 Å². The van der Waals surface area contributed by atoms with Crippen LogP contribution in [-0.2, 0) is 4.74 Å². The molecule has 2 fully saturated rings. The van der Waals surface area contributed by atoms with Crippen molar-refractivity contribution in [2.24, 2.45) is 5.92 Å². The van der Waals surface area contributed by atoms with Gasteiger partial charge in [0.2, 0.25) is 0 Å². The molecule has 1 aromatic rings. The van der Waals surface area contributed by atoms with Gasteiger partial charge in [-0.15, -0.1) is 0 Å². The summed E-state index contributed by atoms with van der Waals surface area (Å²) in [6.45, 7) is 4.34. The lowest BCUT2D eigenvalue weighted by atomic mass is 9.93. The number of amides is 1. The molecule has 0 spiro atoms. The van der Waals surface area contributed by atoms with Crippen molar-refractivity contribution in [3.8, 4) is 5.75 Å². The lowest BCUT2D eigenvalue weighted by molar-refractivity contribution is -0.0383. The highest BCUT2D eigenvalue weighted by molar-refractivity contribution is 5.95. The van der Waals surface area contributed by atoms with E-state index < -0.39 is 0 Å². The number of benzene rings is 1. The second-order valence-corrected chi connectivity index (χ2v) is 6.68. The number of aliphatic hydroxyl groups excluding tert-OH is 1. The van der Waals surface area contributed by atoms with Crippen LogP contribution in [0, 0.1) is 5.92 Å². The van der Waals surface area contributed by atoms with Gasteiger partial charge in [-0.3, -0.25) is 4.79 Å². The van der Waals surface area contributed by atoms with E-state index >= 15 is 0 Å². The van der Waals surface area contributed by atoms with Crippen molar-refractivity contribution in [3.05, 3.63) is 29.8 Å². The maximum Gasteiger partial charge on any atom is 0.254 e. The maximum absolute atomic E-state index is 13.0. The third-order valence-electron chi connectivity index (χ3n) is 5.01. The van der Waals surface area contributed by atoms with Crippen LogP contribution in [0.25, 0.3) is 0 Å². The number of morpholine rings is 1. The predicted molar refractivity (Wildman–Crippen MR) is 91.2 cm³/mol. The highest BCUT2D eigenvalue weighted by Crippen LogP contribution is 2.33. The number of aliphatic hydroxyl groups is 1. The standard InChI is InChI=1S/C19H27NO4/c1-2-10-24-15-6-3-5-14(12-15)19(22)20-9-11-23-13-17(20)16-7-4-8-18(16)21/h3,5-6,12,16-18,21H,2,4,7-11,13H2,1H3. The van der Waals surface area contributed by atoms with Gasteiger partial charge in [-0.25, -0.2) is 0 Å². The largest absolute Gasteiger partial charge is 0.494 e. The molecule has 1 amide bonds. The molecule has 1 aromatic carbocycles. The Labute approximate surface area is 143 Å². The van der Waals surface area contributed by atoms with E-state index in [1.165, 1.54) is 0 Å². The van der Waals surface area contributed by atoms with Crippen LogP contribution in [0.5, 0.6) is 5.75 Å². The summed E-state index contributed by atoms with van der Waals surface area (Å²) in [5.74, 6) is 0.853. The van der Waals surface area contributed by atoms with Gasteiger partial charge in [0.1, 0.15) is 5.75 Å². The van der Waals surface area contributed by atoms with Gasteiger partial charge in [-0.05, 0) is 37.5 Å². The highest BCUT2D eigenvalue weighted by atomic mass is 16.5. The van der Waals surface area contributed by atoms with Crippen molar-refractivity contribution in [2.75, 3.05) is 26.4 Å². The second kappa shape index (κ2) is 7.99. The van der Waals surface area contributed by atoms with Gasteiger partial charge in [0.25, 0.3) is 5.91 Å². The normalized spacial score (nSPS) is 27.2. The molecule has 1 heterocycles. The zero-order chi connectivity index (χ0) is 16.9. The average Bonchev–Trinajstić information content (AvgIpc) is 3.05. The molecule has 0 aromatic heterocycles. The van der Waals surface area contributed by atoms with Gasteiger partial charge in [-0.1, -0.05) is 19.4 Å². The first-order valence-electron chi connectivity index (χ1n) is 9.00. The van der Waals surface area contributed by atoms with E-state index in [0.717, 1.165) is 31.4 Å². The Hall–Kier alpha value is -1.59. The van der Waals surface area contributed by atoms with E-state index in [1.807, 2.05) is 29.2 Å². The molecule has 0 bridgehead atoms. The fourth-order valence-corrected chi connectivity index (χ4v) is 3.75. The smallest absolute Gasteiger partial charge is 0.254 e. The Bertz CT molecular complexity index is 562. The molecular formula is C19H27NO4. The minimum absolute atomic E-state index is 0.00403. The number of hydrogen-bond acceptors (Lipinski definition) is 4. The quantitative estimate of drug-likeness (QED) is 0.899. The lowest BCUT2D eigenvalue weighted by Crippen LogP contribution is -2.53. The molecule has 3 unspecified atom stereocenters. The van der Waals surface area contributed by atoms with Crippen LogP contribution in [0.15, 0.2) is 24.3 Å². The van der Waals surface area contributed by atoms with Crippen molar-refractivity contribution in [1.82, 2.24) is 4.90 Å². The monoisotopic (exact) mass is 333 g/mol. The average molecular weight is 333 g/mol. The first kappa shape index (κ1) is 17.2. The molecule has 1 aliphatic heterocycles. The number of hydrogen-bond donors (Lipinski definition) is 1. The molecule has 2 aliphatic rings. The highest BCUT2D eigenvalue weighted by Gasteiger charge is 2.39. The van der Waals surface area contributed by atoms with E-state index in [2.05, 4.69) is 6.92 Å². The number of carbonyl (C=O) groups is 1. The van der Waals surface area contributed by atoms with Crippen molar-refractivity contribution in [1.29, 1.82) is 0 Å². The van der Waals surface area contributed by atoms with Crippen LogP contribution in [0.4, 0.5) is 0 Å². The van der Waals surface area contributed by atoms with Gasteiger partial charge in [-0.2, -0.15) is 0 Å². The Morgan fingerprint density at radius 1 is 1.42 bits per heavy atom. The summed E-state index contributed by atoms with van der Waals surface area (Å²) in [5, 5.41) is 10.2. The predicted octanol–water partition coefficient (Wildman–Crippen LogP) is 2.48. The Balaban J connectivity index is 1.76. The van der Waals surface area contributed by atoms with Crippen LogP contribution in [0.3, 0.4) is 0 Å². The second-order valence-electron chi connectivity index (χ2n) is 6.68. The zero-order valence-electron chi connectivity index (χ0n) is 14.3. The van der Waals surface area contributed by atoms with Gasteiger partial charge in [0, 0.05) is 18.0 Å². The van der Waals surface area contributed by atoms with Gasteiger partial charge in [0.05, 0.1) is 32.0 Å². The SMILES string of the molecule is CCCOc1cccc(C(=O)N2CCOCC2C2CCCC2O)c1. The van der Waals surface area contributed by atoms with Crippen LogP contribution in [0.2, 0.25) is 0 Å². The molecule has 5 nitrogen and oxygen atoms in total. The van der Waals surface area contributed by atoms with Crippen molar-refractivity contribution >= 4 is 5.91 Å². The van der Waals surface area contributed by atoms with Gasteiger partial charge < -0.3 is 19.5 Å². The van der Waals surface area contributed by atoms with Crippen LogP contribution in [0.1, 0.15) is 43.0 Å². The summed E-state index contributed by atoms with van der Waals surface area (Å²) >= 11 is 0. The summed E-state index contributed by atoms with van der Waals surface area (Å²) in [6, 6.07) is 7.35. The molecule has 5 heteroatoms. The van der Waals surface area contributed by atoms with Crippen LogP contribution >= 0.6 is 0 Å². The fraction of sp³-hybridized carbons (Fsp3) is 0.632. The summed E-state index contributed by atoms with van der Waals surface area (Å²) in [6.07, 6.45) is 3.40. The summed E-state index contributed by atoms with van der Waals surface area (Å²) in [5.41, 5.74) is 0.642. The van der Waals surface area contributed by atoms with Crippen molar-refractivity contribution in [3.63, 3.8) is 0 Å². The van der Waals surface area contributed by atoms with Crippen molar-refractivity contribution in [2.45, 2.75) is 44.8 Å². The summed E-state index contributed by atoms with van der Waals surface area (Å²) < 4.78 is 11.2. The number of ether oxygens (including phenoxy) is 2. The minimum Gasteiger partial charge on any atom is -0.494 e. The van der Waals surface area contributed by atoms with Crippen LogP contribution in [-0.4, -0.2) is 54.4 Å². The molecule has 24 heavy (non-hydrogen) atoms. The van der Waals surface area contributed by atoms with Crippen LogP contribution < -0.4 is 4.74 Å². The summed E-state index contributed by atoms with van der Waals surface area (Å²) in [7, 11) is 0. The molecule has 3 atom stereocenters. The molecular weight excluding hydrogens is 306 g/mol. The van der Waals surface area contributed by atoms with E-state index in [-0.39, 0.29) is 24.0 Å². The lowest BCUT2D eigenvalue weighted by Gasteiger charge is -2.40. The van der Waals surface area contributed by atoms with E-state index in [9.17, 15) is 9.90 Å². The fourth-order valence-electron chi connectivity index (χ4n) is 3.75. The first-order chi connectivity index (χ1) is 11.7. The number of nitrogens with zero attached hydrogens (tertiary/aromatic N) is 1. The number of rotatable bonds is 5. The van der Waals surface area contributed by atoms with E-state index in [1.54, 1.807) is 0 Å². The Kier molecular flexibility index (Phi) is 5.74. The molecule has 3 rings (SSSR count). The van der Waals surface area contributed by atoms with E-state index in [4.69, 9.17) is 9.47 Å². The minimum atomic E-state index is -0.328. The zero-order valence-corrected chi connectivity index (χ0v) is 14.3. The molecule has 1 saturated heterocycles. The Morgan fingerprint density at radius 2 is 2.29 bits per heavy atom. The first-order valence-corrected chi connectivity index (χ1v) is 9.00. The maximum atomic E-state index is 13.0. The molecule has 132 valence electrons. The molecule has 0 radical (unpaired) electrons. The number of carbonyl (C=O) groups excluding carboxylic acids is 1. The van der Waals surface area contributed by atoms with Gasteiger partial charge >= 0.3 is 0 Å². The van der Waals surface area contributed by atoms with Gasteiger partial charge in [0.15, 0.2) is 0 Å².